The third kappa shape index (κ3) is 11.1. The summed E-state index contributed by atoms with van der Waals surface area (Å²) in [5.74, 6) is 0. The number of anilines is 1. The monoisotopic (exact) mass is 740 g/mol. The Balaban J connectivity index is 0.000000892. The van der Waals surface area contributed by atoms with Gasteiger partial charge in [0.05, 0.1) is 0 Å². The van der Waals surface area contributed by atoms with Crippen LogP contribution in [0.3, 0.4) is 0 Å². The lowest BCUT2D eigenvalue weighted by Gasteiger charge is -2.25. The fourth-order valence-corrected chi connectivity index (χ4v) is 7.87. The quantitative estimate of drug-likeness (QED) is 0.148. The number of halogens is 3. The Morgan fingerprint density at radius 1 is 0.520 bits per heavy atom. The smallest absolute Gasteiger partial charge is 0.231 e. The van der Waals surface area contributed by atoms with Crippen LogP contribution in [0.4, 0.5) is 22.7 Å². The molecule has 1 atom stereocenters. The Morgan fingerprint density at radius 2 is 0.820 bits per heavy atom. The average Bonchev–Trinajstić information content (AvgIpc) is 3.28. The summed E-state index contributed by atoms with van der Waals surface area (Å²) >= 11 is 0. The molecule has 0 saturated heterocycles. The van der Waals surface area contributed by atoms with Gasteiger partial charge in [0.25, 0.3) is 0 Å². The zero-order valence-electron chi connectivity index (χ0n) is 32.1. The number of hydrogen-bond acceptors (Lipinski definition) is 1. The van der Waals surface area contributed by atoms with Crippen LogP contribution in [0.2, 0.25) is 0 Å². The largest absolute Gasteiger partial charge is 1.00 e. The maximum Gasteiger partial charge on any atom is 0.231 e. The lowest BCUT2D eigenvalue weighted by molar-refractivity contribution is -0.646. The summed E-state index contributed by atoms with van der Waals surface area (Å²) in [7, 11) is 0. The van der Waals surface area contributed by atoms with E-state index >= 15 is 0 Å². The first kappa shape index (κ1) is 47.1. The van der Waals surface area contributed by atoms with Crippen molar-refractivity contribution in [2.45, 2.75) is 104 Å². The van der Waals surface area contributed by atoms with Crippen LogP contribution in [0.5, 0.6) is 0 Å². The lowest BCUT2D eigenvalue weighted by atomic mass is 10.0. The molecule has 4 nitrogen and oxygen atoms in total. The van der Waals surface area contributed by atoms with Crippen molar-refractivity contribution in [3.05, 3.63) is 115 Å². The van der Waals surface area contributed by atoms with E-state index in [2.05, 4.69) is 165 Å². The van der Waals surface area contributed by atoms with Crippen molar-refractivity contribution >= 4 is 29.0 Å². The summed E-state index contributed by atoms with van der Waals surface area (Å²) in [5, 5.41) is 4.78. The molecule has 0 amide bonds. The predicted octanol–water partition coefficient (Wildman–Crippen LogP) is -0.607. The van der Waals surface area contributed by atoms with Crippen molar-refractivity contribution in [2.75, 3.05) is 24.5 Å². The van der Waals surface area contributed by atoms with E-state index in [0.717, 1.165) is 19.6 Å². The number of quaternary nitrogens is 2. The van der Waals surface area contributed by atoms with E-state index in [1.54, 1.807) is 0 Å². The fraction of sp³-hybridized carbons (Fsp3) is 0.419. The molecule has 1 aliphatic heterocycles. The summed E-state index contributed by atoms with van der Waals surface area (Å²) in [6.45, 7) is 31.9. The normalized spacial score (nSPS) is 13.2. The number of aryl methyl sites for hydroxylation is 12. The van der Waals surface area contributed by atoms with Gasteiger partial charge in [-0.1, -0.05) is 66.1 Å². The van der Waals surface area contributed by atoms with Crippen LogP contribution in [-0.4, -0.2) is 36.6 Å². The van der Waals surface area contributed by atoms with E-state index in [9.17, 15) is 0 Å². The molecule has 1 heterocycles. The fourth-order valence-electron chi connectivity index (χ4n) is 7.87. The molecule has 0 spiro atoms. The number of hydrogen-bond donors (Lipinski definition) is 2. The molecule has 0 aromatic heterocycles. The van der Waals surface area contributed by atoms with Gasteiger partial charge in [-0.15, -0.1) is 0 Å². The third-order valence-electron chi connectivity index (χ3n) is 9.48. The van der Waals surface area contributed by atoms with Crippen molar-refractivity contribution in [2.24, 2.45) is 0 Å². The standard InChI is InChI=1S/C22H29N2.C20H28N2.CH4.3ClH/c1-14-10-16(3)21(17(4)11-14)23-8-9-24(20(23)7)22-18(5)12-15(2)13-19(22)6;1-13-9-15(3)19(16(4)10-13)21-7-8-22-20-17(5)11-14(2)12-18(20)6;;;;/h8,10-13,20H,9H2,1-7H3;9-12,21-22H,7-8H2,1-6H3;1H4;3*1H/q+1;;;;;/p-1. The third-order valence-corrected chi connectivity index (χ3v) is 9.48. The highest BCUT2D eigenvalue weighted by Gasteiger charge is 2.34. The summed E-state index contributed by atoms with van der Waals surface area (Å²) in [6.07, 6.45) is 2.67. The molecule has 0 radical (unpaired) electrons. The van der Waals surface area contributed by atoms with Crippen LogP contribution in [0.25, 0.3) is 0 Å². The predicted molar refractivity (Wildman–Crippen MR) is 205 cm³/mol. The highest BCUT2D eigenvalue weighted by molar-refractivity contribution is 5.71. The van der Waals surface area contributed by atoms with Gasteiger partial charge < -0.3 is 52.8 Å². The Morgan fingerprint density at radius 3 is 1.16 bits per heavy atom. The Hall–Kier alpha value is -2.86. The van der Waals surface area contributed by atoms with Crippen molar-refractivity contribution in [3.63, 3.8) is 0 Å². The number of benzene rings is 4. The van der Waals surface area contributed by atoms with Gasteiger partial charge in [-0.3, -0.25) is 0 Å². The van der Waals surface area contributed by atoms with Crippen molar-refractivity contribution < 1.29 is 52.4 Å². The molecular formula is C43H63Cl3N4. The second-order valence-electron chi connectivity index (χ2n) is 14.0. The van der Waals surface area contributed by atoms with Gasteiger partial charge >= 0.3 is 0 Å². The molecule has 276 valence electrons. The lowest BCUT2D eigenvalue weighted by Crippen LogP contribution is -3.00. The summed E-state index contributed by atoms with van der Waals surface area (Å²) in [4.78, 5) is 2.52. The van der Waals surface area contributed by atoms with Crippen LogP contribution < -0.4 is 52.8 Å². The maximum atomic E-state index is 2.52. The van der Waals surface area contributed by atoms with Gasteiger partial charge in [-0.05, 0) is 106 Å². The minimum Gasteiger partial charge on any atom is -1.00 e. The molecule has 1 unspecified atom stereocenters. The van der Waals surface area contributed by atoms with E-state index in [1.165, 1.54) is 89.5 Å². The Kier molecular flexibility index (Phi) is 19.1. The van der Waals surface area contributed by atoms with Crippen molar-refractivity contribution in [1.82, 2.24) is 0 Å². The Bertz CT molecular complexity index is 1620. The highest BCUT2D eigenvalue weighted by atomic mass is 35.5. The van der Waals surface area contributed by atoms with Crippen molar-refractivity contribution in [3.8, 4) is 0 Å². The average molecular weight is 742 g/mol. The van der Waals surface area contributed by atoms with E-state index in [4.69, 9.17) is 0 Å². The topological polar surface area (TPSA) is 39.5 Å². The molecule has 0 aliphatic carbocycles. The summed E-state index contributed by atoms with van der Waals surface area (Å²) in [5.41, 5.74) is 22.0. The van der Waals surface area contributed by atoms with Crippen molar-refractivity contribution in [1.29, 1.82) is 0 Å². The van der Waals surface area contributed by atoms with Crippen LogP contribution >= 0.6 is 0 Å². The molecule has 0 saturated carbocycles. The number of rotatable bonds is 7. The van der Waals surface area contributed by atoms with Crippen LogP contribution in [-0.2, 0) is 0 Å². The molecule has 1 aliphatic rings. The second kappa shape index (κ2) is 20.2. The zero-order chi connectivity index (χ0) is 33.9. The Labute approximate surface area is 323 Å². The zero-order valence-corrected chi connectivity index (χ0v) is 34.3. The molecule has 0 bridgehead atoms. The minimum atomic E-state index is 0. The first-order valence-corrected chi connectivity index (χ1v) is 17.0. The number of nitrogens with zero attached hydrogens (tertiary/aromatic N) is 2. The van der Waals surface area contributed by atoms with E-state index in [1.807, 2.05) is 0 Å². The first-order valence-electron chi connectivity index (χ1n) is 17.0. The number of nitrogens with two attached hydrogens (primary N) is 2. The van der Waals surface area contributed by atoms with Gasteiger partial charge in [0.1, 0.15) is 31.0 Å². The van der Waals surface area contributed by atoms with Gasteiger partial charge in [0.2, 0.25) is 11.9 Å². The summed E-state index contributed by atoms with van der Waals surface area (Å²) < 4.78 is 2.45. The molecule has 50 heavy (non-hydrogen) atoms. The molecule has 4 aromatic carbocycles. The molecule has 4 aromatic rings. The SMILES string of the molecule is C.Cc1cc(C)c(N2CC=[N+](c3c(C)cc(C)cc3C)C2C)c(C)c1.Cc1cc(C)c([NH2+]CC[NH2+]c2c(C)cc(C)cc2C)c(C)c1.[Cl-].[Cl-].[Cl-]. The molecule has 5 rings (SSSR count). The van der Waals surface area contributed by atoms with Gasteiger partial charge in [-0.25, -0.2) is 0 Å². The first-order chi connectivity index (χ1) is 21.7. The maximum absolute atomic E-state index is 2.52. The molecular weight excluding hydrogens is 679 g/mol. The highest BCUT2D eigenvalue weighted by Crippen LogP contribution is 2.34. The van der Waals surface area contributed by atoms with Crippen LogP contribution in [0.15, 0.2) is 48.5 Å². The van der Waals surface area contributed by atoms with Crippen LogP contribution in [0, 0.1) is 83.1 Å². The van der Waals surface area contributed by atoms with E-state index < -0.39 is 0 Å². The van der Waals surface area contributed by atoms with E-state index in [-0.39, 0.29) is 44.6 Å². The summed E-state index contributed by atoms with van der Waals surface area (Å²) in [6, 6.07) is 18.3. The second-order valence-corrected chi connectivity index (χ2v) is 14.0. The van der Waals surface area contributed by atoms with E-state index in [0.29, 0.717) is 6.17 Å². The van der Waals surface area contributed by atoms with Gasteiger partial charge in [-0.2, -0.15) is 4.58 Å². The van der Waals surface area contributed by atoms with Gasteiger partial charge in [0.15, 0.2) is 6.21 Å². The molecule has 0 fully saturated rings. The minimum absolute atomic E-state index is 0. The molecule has 7 heteroatoms. The molecule has 4 N–H and O–H groups in total. The van der Waals surface area contributed by atoms with Crippen LogP contribution in [0.1, 0.15) is 81.1 Å². The van der Waals surface area contributed by atoms with Gasteiger partial charge in [0, 0.05) is 46.0 Å².